The van der Waals surface area contributed by atoms with Crippen molar-refractivity contribution in [1.29, 1.82) is 0 Å². The van der Waals surface area contributed by atoms with E-state index in [4.69, 9.17) is 4.99 Å². The van der Waals surface area contributed by atoms with Gasteiger partial charge in [0.05, 0.1) is 12.6 Å². The molecule has 2 aromatic carbocycles. The third-order valence-corrected chi connectivity index (χ3v) is 6.05. The summed E-state index contributed by atoms with van der Waals surface area (Å²) >= 11 is 0. The summed E-state index contributed by atoms with van der Waals surface area (Å²) in [5.74, 6) is 0.890. The molecular formula is C23H31N5O. The molecule has 6 nitrogen and oxygen atoms in total. The smallest absolute Gasteiger partial charge is 0.135 e. The molecule has 1 saturated heterocycles. The van der Waals surface area contributed by atoms with Crippen molar-refractivity contribution in [2.75, 3.05) is 63.3 Å². The predicted molar refractivity (Wildman–Crippen MR) is 120 cm³/mol. The van der Waals surface area contributed by atoms with E-state index < -0.39 is 0 Å². The van der Waals surface area contributed by atoms with E-state index in [1.165, 1.54) is 11.3 Å². The summed E-state index contributed by atoms with van der Waals surface area (Å²) in [5, 5.41) is 13.3. The number of nitrogens with one attached hydrogen (secondary N) is 1. The Bertz CT molecular complexity index is 860. The Morgan fingerprint density at radius 1 is 1.03 bits per heavy atom. The van der Waals surface area contributed by atoms with E-state index in [2.05, 4.69) is 52.4 Å². The van der Waals surface area contributed by atoms with Gasteiger partial charge < -0.3 is 20.2 Å². The van der Waals surface area contributed by atoms with Crippen molar-refractivity contribution < 1.29 is 5.11 Å². The highest BCUT2D eigenvalue weighted by atomic mass is 16.3. The number of benzene rings is 2. The molecule has 1 atom stereocenters. The van der Waals surface area contributed by atoms with E-state index in [1.807, 2.05) is 30.1 Å². The number of nitrogens with zero attached hydrogens (tertiary/aromatic N) is 4. The second-order valence-corrected chi connectivity index (χ2v) is 7.80. The minimum absolute atomic E-state index is 0.00920. The minimum atomic E-state index is -0.00920. The van der Waals surface area contributed by atoms with Crippen LogP contribution in [0.3, 0.4) is 0 Å². The van der Waals surface area contributed by atoms with Crippen LogP contribution in [0, 0.1) is 6.92 Å². The topological polar surface area (TPSA) is 54.3 Å². The molecule has 2 aromatic rings. The number of para-hydroxylation sites is 2. The molecule has 6 heteroatoms. The van der Waals surface area contributed by atoms with Gasteiger partial charge in [-0.3, -0.25) is 9.89 Å². The van der Waals surface area contributed by atoms with Crippen molar-refractivity contribution in [2.24, 2.45) is 4.99 Å². The molecule has 0 aromatic heterocycles. The summed E-state index contributed by atoms with van der Waals surface area (Å²) in [7, 11) is 1.92. The van der Waals surface area contributed by atoms with Gasteiger partial charge in [-0.1, -0.05) is 30.3 Å². The minimum Gasteiger partial charge on any atom is -0.388 e. The molecule has 1 unspecified atom stereocenters. The standard InChI is InChI=1S/C23H31N5O/c1-18-7-3-6-10-22(18)27-13-11-26(12-14-27)16-19-15-25-23(28(19)17-29)20-8-4-5-9-21(20)24-2/h3-10,19,24,29H,11-17H2,1-2H3. The lowest BCUT2D eigenvalue weighted by atomic mass is 10.1. The van der Waals surface area contributed by atoms with Crippen molar-refractivity contribution in [3.63, 3.8) is 0 Å². The van der Waals surface area contributed by atoms with E-state index in [1.54, 1.807) is 0 Å². The Hall–Kier alpha value is -2.57. The van der Waals surface area contributed by atoms with Crippen molar-refractivity contribution >= 4 is 17.2 Å². The Labute approximate surface area is 173 Å². The first-order valence-electron chi connectivity index (χ1n) is 10.4. The fraction of sp³-hybridized carbons (Fsp3) is 0.435. The van der Waals surface area contributed by atoms with Gasteiger partial charge in [-0.2, -0.15) is 0 Å². The number of piperazine rings is 1. The Balaban J connectivity index is 1.38. The Morgan fingerprint density at radius 2 is 1.76 bits per heavy atom. The van der Waals surface area contributed by atoms with E-state index in [0.29, 0.717) is 0 Å². The van der Waals surface area contributed by atoms with Gasteiger partial charge >= 0.3 is 0 Å². The molecule has 2 N–H and O–H groups in total. The molecule has 0 spiro atoms. The molecule has 2 heterocycles. The first-order valence-corrected chi connectivity index (χ1v) is 10.4. The van der Waals surface area contributed by atoms with Gasteiger partial charge in [0.15, 0.2) is 0 Å². The van der Waals surface area contributed by atoms with E-state index in [0.717, 1.165) is 56.4 Å². The maximum Gasteiger partial charge on any atom is 0.135 e. The molecule has 154 valence electrons. The molecule has 0 bridgehead atoms. The van der Waals surface area contributed by atoms with Gasteiger partial charge in [-0.15, -0.1) is 0 Å². The highest BCUT2D eigenvalue weighted by Crippen LogP contribution is 2.24. The zero-order chi connectivity index (χ0) is 20.2. The maximum absolute atomic E-state index is 10.1. The molecule has 0 saturated carbocycles. The SMILES string of the molecule is CNc1ccccc1C1=NCC(CN2CCN(c3ccccc3C)CC2)N1CO. The van der Waals surface area contributed by atoms with Gasteiger partial charge in [0.1, 0.15) is 12.6 Å². The third kappa shape index (κ3) is 4.09. The van der Waals surface area contributed by atoms with Crippen LogP contribution in [0.25, 0.3) is 0 Å². The van der Waals surface area contributed by atoms with Crippen LogP contribution in [-0.2, 0) is 0 Å². The van der Waals surface area contributed by atoms with E-state index >= 15 is 0 Å². The Morgan fingerprint density at radius 3 is 2.48 bits per heavy atom. The summed E-state index contributed by atoms with van der Waals surface area (Å²) in [6, 6.07) is 17.0. The number of anilines is 2. The van der Waals surface area contributed by atoms with Crippen LogP contribution >= 0.6 is 0 Å². The molecule has 2 aliphatic heterocycles. The van der Waals surface area contributed by atoms with Crippen LogP contribution in [0.1, 0.15) is 11.1 Å². The first-order chi connectivity index (χ1) is 14.2. The molecule has 0 amide bonds. The first kappa shape index (κ1) is 19.7. The number of amidine groups is 1. The maximum atomic E-state index is 10.1. The number of hydrogen-bond acceptors (Lipinski definition) is 6. The normalized spacial score (nSPS) is 20.1. The van der Waals surface area contributed by atoms with E-state index in [9.17, 15) is 5.11 Å². The average Bonchev–Trinajstić information content (AvgIpc) is 3.17. The predicted octanol–water partition coefficient (Wildman–Crippen LogP) is 2.24. The fourth-order valence-corrected chi connectivity index (χ4v) is 4.42. The van der Waals surface area contributed by atoms with Crippen molar-refractivity contribution in [3.8, 4) is 0 Å². The molecule has 2 aliphatic rings. The van der Waals surface area contributed by atoms with Gasteiger partial charge in [-0.25, -0.2) is 0 Å². The molecule has 1 fully saturated rings. The van der Waals surface area contributed by atoms with Crippen LogP contribution in [0.15, 0.2) is 53.5 Å². The van der Waals surface area contributed by atoms with Crippen LogP contribution in [0.5, 0.6) is 0 Å². The second-order valence-electron chi connectivity index (χ2n) is 7.80. The van der Waals surface area contributed by atoms with Crippen molar-refractivity contribution in [1.82, 2.24) is 9.80 Å². The molecule has 29 heavy (non-hydrogen) atoms. The number of rotatable bonds is 6. The van der Waals surface area contributed by atoms with Gasteiger partial charge in [-0.05, 0) is 30.7 Å². The monoisotopic (exact) mass is 393 g/mol. The van der Waals surface area contributed by atoms with Gasteiger partial charge in [0.25, 0.3) is 0 Å². The zero-order valence-corrected chi connectivity index (χ0v) is 17.4. The number of aliphatic hydroxyl groups excluding tert-OH is 1. The third-order valence-electron chi connectivity index (χ3n) is 6.05. The number of hydrogen-bond donors (Lipinski definition) is 2. The summed E-state index contributed by atoms with van der Waals surface area (Å²) in [4.78, 5) is 11.8. The van der Waals surface area contributed by atoms with Crippen molar-refractivity contribution in [3.05, 3.63) is 59.7 Å². The molecular weight excluding hydrogens is 362 g/mol. The number of aliphatic hydroxyl groups is 1. The van der Waals surface area contributed by atoms with Crippen LogP contribution in [0.4, 0.5) is 11.4 Å². The van der Waals surface area contributed by atoms with E-state index in [-0.39, 0.29) is 12.8 Å². The summed E-state index contributed by atoms with van der Waals surface area (Å²) in [5.41, 5.74) is 4.77. The molecule has 4 rings (SSSR count). The lowest BCUT2D eigenvalue weighted by molar-refractivity contribution is 0.118. The van der Waals surface area contributed by atoms with Crippen LogP contribution < -0.4 is 10.2 Å². The highest BCUT2D eigenvalue weighted by Gasteiger charge is 2.31. The lowest BCUT2D eigenvalue weighted by Crippen LogP contribution is -2.52. The Kier molecular flexibility index (Phi) is 6.02. The summed E-state index contributed by atoms with van der Waals surface area (Å²) in [6.07, 6.45) is 0. The fourth-order valence-electron chi connectivity index (χ4n) is 4.42. The largest absolute Gasteiger partial charge is 0.388 e. The van der Waals surface area contributed by atoms with Crippen molar-refractivity contribution in [2.45, 2.75) is 13.0 Å². The average molecular weight is 394 g/mol. The van der Waals surface area contributed by atoms with Crippen LogP contribution in [-0.4, -0.2) is 79.8 Å². The van der Waals surface area contributed by atoms with Gasteiger partial charge in [0, 0.05) is 56.7 Å². The second kappa shape index (κ2) is 8.84. The number of aliphatic imine (C=N–C) groups is 1. The highest BCUT2D eigenvalue weighted by molar-refractivity contribution is 6.04. The molecule has 0 radical (unpaired) electrons. The summed E-state index contributed by atoms with van der Waals surface area (Å²) < 4.78 is 0. The quantitative estimate of drug-likeness (QED) is 0.788. The molecule has 0 aliphatic carbocycles. The summed E-state index contributed by atoms with van der Waals surface area (Å²) in [6.45, 7) is 7.97. The van der Waals surface area contributed by atoms with Gasteiger partial charge in [0.2, 0.25) is 0 Å². The lowest BCUT2D eigenvalue weighted by Gasteiger charge is -2.39. The zero-order valence-electron chi connectivity index (χ0n) is 17.4. The number of aryl methyl sites for hydroxylation is 1. The van der Waals surface area contributed by atoms with Crippen LogP contribution in [0.2, 0.25) is 0 Å².